The SMILES string of the molecule is CCOC(=O)N1CCC(N2CCCN(C(=O)c3cccc4cc[nH]c34)CC2)CC1. The van der Waals surface area contributed by atoms with Crippen LogP contribution >= 0.6 is 0 Å². The van der Waals surface area contributed by atoms with E-state index < -0.39 is 0 Å². The number of nitrogens with one attached hydrogen (secondary N) is 1. The van der Waals surface area contributed by atoms with Crippen LogP contribution in [0, 0.1) is 0 Å². The lowest BCUT2D eigenvalue weighted by Gasteiger charge is -2.37. The number of hydrogen-bond donors (Lipinski definition) is 1. The Labute approximate surface area is 171 Å². The van der Waals surface area contributed by atoms with Gasteiger partial charge in [0.05, 0.1) is 17.7 Å². The number of carbonyl (C=O) groups is 2. The first-order chi connectivity index (χ1) is 14.2. The second kappa shape index (κ2) is 8.86. The summed E-state index contributed by atoms with van der Waals surface area (Å²) in [6.45, 7) is 7.17. The quantitative estimate of drug-likeness (QED) is 0.863. The summed E-state index contributed by atoms with van der Waals surface area (Å²) >= 11 is 0. The predicted molar refractivity (Wildman–Crippen MR) is 112 cm³/mol. The Hall–Kier alpha value is -2.54. The molecule has 4 rings (SSSR count). The van der Waals surface area contributed by atoms with E-state index in [2.05, 4.69) is 9.88 Å². The number of nitrogens with zero attached hydrogens (tertiary/aromatic N) is 3. The summed E-state index contributed by atoms with van der Waals surface area (Å²) < 4.78 is 5.12. The van der Waals surface area contributed by atoms with Crippen molar-refractivity contribution < 1.29 is 14.3 Å². The van der Waals surface area contributed by atoms with Crippen molar-refractivity contribution in [2.45, 2.75) is 32.2 Å². The molecule has 0 atom stereocenters. The Morgan fingerprint density at radius 1 is 1.03 bits per heavy atom. The van der Waals surface area contributed by atoms with Crippen molar-refractivity contribution in [3.8, 4) is 0 Å². The molecule has 2 aliphatic rings. The maximum absolute atomic E-state index is 13.2. The van der Waals surface area contributed by atoms with E-state index in [9.17, 15) is 9.59 Å². The van der Waals surface area contributed by atoms with Gasteiger partial charge in [-0.1, -0.05) is 12.1 Å². The van der Waals surface area contributed by atoms with Crippen molar-refractivity contribution in [2.24, 2.45) is 0 Å². The summed E-state index contributed by atoms with van der Waals surface area (Å²) in [4.78, 5) is 34.6. The third-order valence-corrected chi connectivity index (χ3v) is 6.14. The average Bonchev–Trinajstić information content (AvgIpc) is 3.10. The second-order valence-electron chi connectivity index (χ2n) is 7.85. The molecule has 2 amide bonds. The number of piperidine rings is 1. The molecule has 0 aliphatic carbocycles. The number of fused-ring (bicyclic) bond motifs is 1. The van der Waals surface area contributed by atoms with Gasteiger partial charge in [0, 0.05) is 56.9 Å². The third kappa shape index (κ3) is 4.24. The summed E-state index contributed by atoms with van der Waals surface area (Å²) in [7, 11) is 0. The van der Waals surface area contributed by atoms with Crippen LogP contribution in [0.25, 0.3) is 10.9 Å². The molecule has 7 nitrogen and oxygen atoms in total. The van der Waals surface area contributed by atoms with Crippen LogP contribution in [-0.2, 0) is 4.74 Å². The van der Waals surface area contributed by atoms with E-state index in [0.717, 1.165) is 75.0 Å². The molecule has 1 aromatic carbocycles. The smallest absolute Gasteiger partial charge is 0.409 e. The van der Waals surface area contributed by atoms with Crippen LogP contribution < -0.4 is 0 Å². The maximum atomic E-state index is 13.2. The van der Waals surface area contributed by atoms with Gasteiger partial charge in [0.1, 0.15) is 0 Å². The molecule has 7 heteroatoms. The molecule has 0 unspecified atom stereocenters. The summed E-state index contributed by atoms with van der Waals surface area (Å²) in [6.07, 6.45) is 4.60. The highest BCUT2D eigenvalue weighted by molar-refractivity contribution is 6.05. The van der Waals surface area contributed by atoms with Crippen LogP contribution in [-0.4, -0.2) is 83.6 Å². The van der Waals surface area contributed by atoms with Gasteiger partial charge in [-0.2, -0.15) is 0 Å². The largest absolute Gasteiger partial charge is 0.450 e. The topological polar surface area (TPSA) is 68.9 Å². The van der Waals surface area contributed by atoms with Gasteiger partial charge in [-0.15, -0.1) is 0 Å². The summed E-state index contributed by atoms with van der Waals surface area (Å²) in [6, 6.07) is 8.36. The van der Waals surface area contributed by atoms with Gasteiger partial charge in [-0.25, -0.2) is 4.79 Å². The highest BCUT2D eigenvalue weighted by Crippen LogP contribution is 2.22. The van der Waals surface area contributed by atoms with Crippen molar-refractivity contribution in [3.05, 3.63) is 36.0 Å². The van der Waals surface area contributed by atoms with Gasteiger partial charge in [0.2, 0.25) is 0 Å². The first-order valence-electron chi connectivity index (χ1n) is 10.7. The Kier molecular flexibility index (Phi) is 6.04. The Balaban J connectivity index is 1.35. The van der Waals surface area contributed by atoms with Crippen LogP contribution in [0.1, 0.15) is 36.5 Å². The number of para-hydroxylation sites is 1. The molecular formula is C22H30N4O3. The number of ether oxygens (including phenoxy) is 1. The molecule has 0 saturated carbocycles. The fraction of sp³-hybridized carbons (Fsp3) is 0.545. The Morgan fingerprint density at radius 3 is 2.66 bits per heavy atom. The van der Waals surface area contributed by atoms with E-state index in [1.54, 1.807) is 0 Å². The van der Waals surface area contributed by atoms with Gasteiger partial charge < -0.3 is 19.5 Å². The van der Waals surface area contributed by atoms with Crippen molar-refractivity contribution >= 4 is 22.9 Å². The van der Waals surface area contributed by atoms with Gasteiger partial charge in [0.15, 0.2) is 0 Å². The van der Waals surface area contributed by atoms with E-state index in [-0.39, 0.29) is 12.0 Å². The molecule has 2 saturated heterocycles. The second-order valence-corrected chi connectivity index (χ2v) is 7.85. The molecular weight excluding hydrogens is 368 g/mol. The average molecular weight is 399 g/mol. The molecule has 156 valence electrons. The molecule has 3 heterocycles. The number of hydrogen-bond acceptors (Lipinski definition) is 4. The van der Waals surface area contributed by atoms with Crippen LogP contribution in [0.2, 0.25) is 0 Å². The van der Waals surface area contributed by atoms with E-state index in [0.29, 0.717) is 12.6 Å². The number of amides is 2. The van der Waals surface area contributed by atoms with E-state index in [1.165, 1.54) is 0 Å². The molecule has 1 N–H and O–H groups in total. The van der Waals surface area contributed by atoms with E-state index >= 15 is 0 Å². The van der Waals surface area contributed by atoms with Gasteiger partial charge in [0.25, 0.3) is 5.91 Å². The highest BCUT2D eigenvalue weighted by atomic mass is 16.6. The molecule has 0 radical (unpaired) electrons. The van der Waals surface area contributed by atoms with Crippen molar-refractivity contribution in [3.63, 3.8) is 0 Å². The van der Waals surface area contributed by atoms with Gasteiger partial charge in [-0.05, 0) is 38.3 Å². The minimum Gasteiger partial charge on any atom is -0.450 e. The van der Waals surface area contributed by atoms with Gasteiger partial charge >= 0.3 is 6.09 Å². The summed E-state index contributed by atoms with van der Waals surface area (Å²) in [5.41, 5.74) is 1.67. The van der Waals surface area contributed by atoms with Crippen molar-refractivity contribution in [1.29, 1.82) is 0 Å². The highest BCUT2D eigenvalue weighted by Gasteiger charge is 2.29. The summed E-state index contributed by atoms with van der Waals surface area (Å²) in [5, 5.41) is 1.07. The van der Waals surface area contributed by atoms with Crippen molar-refractivity contribution in [1.82, 2.24) is 19.7 Å². The zero-order chi connectivity index (χ0) is 20.2. The normalized spacial score (nSPS) is 19.3. The van der Waals surface area contributed by atoms with Crippen LogP contribution in [0.5, 0.6) is 0 Å². The lowest BCUT2D eigenvalue weighted by Crippen LogP contribution is -2.48. The summed E-state index contributed by atoms with van der Waals surface area (Å²) in [5.74, 6) is 0.108. The van der Waals surface area contributed by atoms with Crippen LogP contribution in [0.3, 0.4) is 0 Å². The zero-order valence-corrected chi connectivity index (χ0v) is 17.1. The molecule has 29 heavy (non-hydrogen) atoms. The Morgan fingerprint density at radius 2 is 1.86 bits per heavy atom. The minimum absolute atomic E-state index is 0.108. The maximum Gasteiger partial charge on any atom is 0.409 e. The molecule has 1 aromatic heterocycles. The van der Waals surface area contributed by atoms with Crippen LogP contribution in [0.4, 0.5) is 4.79 Å². The fourth-order valence-corrected chi connectivity index (χ4v) is 4.57. The number of benzene rings is 1. The number of aromatic amines is 1. The first-order valence-corrected chi connectivity index (χ1v) is 10.7. The van der Waals surface area contributed by atoms with E-state index in [1.807, 2.05) is 47.2 Å². The minimum atomic E-state index is -0.197. The number of H-pyrrole nitrogens is 1. The van der Waals surface area contributed by atoms with Crippen LogP contribution in [0.15, 0.2) is 30.5 Å². The third-order valence-electron chi connectivity index (χ3n) is 6.14. The zero-order valence-electron chi connectivity index (χ0n) is 17.1. The first kappa shape index (κ1) is 19.8. The van der Waals surface area contributed by atoms with Crippen molar-refractivity contribution in [2.75, 3.05) is 45.9 Å². The fourth-order valence-electron chi connectivity index (χ4n) is 4.57. The lowest BCUT2D eigenvalue weighted by atomic mass is 10.0. The predicted octanol–water partition coefficient (Wildman–Crippen LogP) is 2.94. The Bertz CT molecular complexity index is 857. The number of aromatic nitrogens is 1. The molecule has 2 fully saturated rings. The number of rotatable bonds is 3. The monoisotopic (exact) mass is 398 g/mol. The molecule has 2 aromatic rings. The number of carbonyl (C=O) groups excluding carboxylic acids is 2. The lowest BCUT2D eigenvalue weighted by molar-refractivity contribution is 0.0705. The van der Waals surface area contributed by atoms with E-state index in [4.69, 9.17) is 4.74 Å². The number of likely N-dealkylation sites (tertiary alicyclic amines) is 1. The standard InChI is InChI=1S/C22H30N4O3/c1-2-29-22(28)26-13-8-18(9-14-26)24-11-4-12-25(16-15-24)21(27)19-6-3-5-17-7-10-23-20(17)19/h3,5-7,10,18,23H,2,4,8-9,11-16H2,1H3. The molecule has 2 aliphatic heterocycles. The van der Waals surface area contributed by atoms with Gasteiger partial charge in [-0.3, -0.25) is 9.69 Å². The molecule has 0 bridgehead atoms. The molecule has 0 spiro atoms.